The van der Waals surface area contributed by atoms with Crippen LogP contribution >= 0.6 is 0 Å². The minimum atomic E-state index is -5.11. The molecule has 0 aliphatic heterocycles. The number of rotatable bonds is 3. The number of benzene rings is 1. The maximum Gasteiger partial charge on any atom is 0.471 e. The molecular formula is C12H10F3NO3. The Hall–Kier alpha value is -2.05. The van der Waals surface area contributed by atoms with E-state index in [9.17, 15) is 22.8 Å². The van der Waals surface area contributed by atoms with Crippen LogP contribution in [-0.2, 0) is 9.59 Å². The SMILES string of the molecule is O=C(N(c1ccccc1)C1(C(=O)O)CC1)C(F)(F)F. The third-order valence-corrected chi connectivity index (χ3v) is 3.01. The third kappa shape index (κ3) is 2.27. The zero-order chi connectivity index (χ0) is 14.3. The summed E-state index contributed by atoms with van der Waals surface area (Å²) in [5, 5.41) is 9.09. The van der Waals surface area contributed by atoms with Crippen molar-refractivity contribution >= 4 is 17.6 Å². The Labute approximate surface area is 106 Å². The highest BCUT2D eigenvalue weighted by Crippen LogP contribution is 2.46. The lowest BCUT2D eigenvalue weighted by atomic mass is 10.1. The Kier molecular flexibility index (Phi) is 3.00. The van der Waals surface area contributed by atoms with E-state index < -0.39 is 23.6 Å². The number of nitrogens with zero attached hydrogens (tertiary/aromatic N) is 1. The molecule has 0 saturated heterocycles. The van der Waals surface area contributed by atoms with Crippen LogP contribution in [0.3, 0.4) is 0 Å². The number of amides is 1. The van der Waals surface area contributed by atoms with Crippen LogP contribution in [0.2, 0.25) is 0 Å². The van der Waals surface area contributed by atoms with Crippen LogP contribution < -0.4 is 4.90 Å². The first-order valence-electron chi connectivity index (χ1n) is 5.49. The van der Waals surface area contributed by atoms with E-state index in [0.29, 0.717) is 4.90 Å². The fourth-order valence-corrected chi connectivity index (χ4v) is 1.91. The molecule has 1 aromatic carbocycles. The minimum absolute atomic E-state index is 0.0129. The summed E-state index contributed by atoms with van der Waals surface area (Å²) >= 11 is 0. The van der Waals surface area contributed by atoms with Gasteiger partial charge in [0.05, 0.1) is 0 Å². The van der Waals surface area contributed by atoms with E-state index in [1.165, 1.54) is 24.3 Å². The van der Waals surface area contributed by atoms with E-state index in [1.807, 2.05) is 0 Å². The van der Waals surface area contributed by atoms with E-state index >= 15 is 0 Å². The molecule has 0 atom stereocenters. The van der Waals surface area contributed by atoms with Gasteiger partial charge in [0.15, 0.2) is 0 Å². The van der Waals surface area contributed by atoms with Gasteiger partial charge in [-0.15, -0.1) is 0 Å². The zero-order valence-electron chi connectivity index (χ0n) is 9.65. The average molecular weight is 273 g/mol. The lowest BCUT2D eigenvalue weighted by Gasteiger charge is -2.29. The van der Waals surface area contributed by atoms with Crippen LogP contribution in [0, 0.1) is 0 Å². The molecule has 0 aromatic heterocycles. The number of alkyl halides is 3. The Balaban J connectivity index is 2.47. The summed E-state index contributed by atoms with van der Waals surface area (Å²) in [7, 11) is 0. The Morgan fingerprint density at radius 2 is 1.68 bits per heavy atom. The maximum atomic E-state index is 12.6. The number of carboxylic acids is 1. The summed E-state index contributed by atoms with van der Waals surface area (Å²) in [5.74, 6) is -3.58. The maximum absolute atomic E-state index is 12.6. The number of anilines is 1. The van der Waals surface area contributed by atoms with Crippen molar-refractivity contribution in [2.45, 2.75) is 24.6 Å². The summed E-state index contributed by atoms with van der Waals surface area (Å²) in [6.07, 6.45) is -5.08. The zero-order valence-corrected chi connectivity index (χ0v) is 9.65. The van der Waals surface area contributed by atoms with Gasteiger partial charge < -0.3 is 5.11 Å². The molecule has 2 rings (SSSR count). The molecule has 1 saturated carbocycles. The topological polar surface area (TPSA) is 57.6 Å². The first-order valence-corrected chi connectivity index (χ1v) is 5.49. The molecule has 1 aliphatic carbocycles. The molecule has 1 fully saturated rings. The predicted molar refractivity (Wildman–Crippen MR) is 59.6 cm³/mol. The standard InChI is InChI=1S/C12H10F3NO3/c13-12(14,15)9(17)16(8-4-2-1-3-5-8)11(6-7-11)10(18)19/h1-5H,6-7H2,(H,18,19). The van der Waals surface area contributed by atoms with Crippen molar-refractivity contribution in [2.24, 2.45) is 0 Å². The van der Waals surface area contributed by atoms with Crippen LogP contribution in [-0.4, -0.2) is 28.7 Å². The lowest BCUT2D eigenvalue weighted by molar-refractivity contribution is -0.172. The number of carbonyl (C=O) groups excluding carboxylic acids is 1. The molecule has 0 spiro atoms. The summed E-state index contributed by atoms with van der Waals surface area (Å²) in [6.45, 7) is 0. The van der Waals surface area contributed by atoms with Gasteiger partial charge in [-0.1, -0.05) is 18.2 Å². The Morgan fingerprint density at radius 1 is 1.16 bits per heavy atom. The fraction of sp³-hybridized carbons (Fsp3) is 0.333. The molecule has 0 radical (unpaired) electrons. The number of carboxylic acid groups (broad SMARTS) is 1. The van der Waals surface area contributed by atoms with E-state index in [-0.39, 0.29) is 18.5 Å². The van der Waals surface area contributed by atoms with Gasteiger partial charge in [0, 0.05) is 5.69 Å². The molecule has 7 heteroatoms. The summed E-state index contributed by atoms with van der Waals surface area (Å²) < 4.78 is 37.9. The van der Waals surface area contributed by atoms with Crippen LogP contribution in [0.15, 0.2) is 30.3 Å². The quantitative estimate of drug-likeness (QED) is 0.918. The monoisotopic (exact) mass is 273 g/mol. The number of halogens is 3. The van der Waals surface area contributed by atoms with Crippen LogP contribution in [0.25, 0.3) is 0 Å². The second kappa shape index (κ2) is 4.25. The van der Waals surface area contributed by atoms with Crippen molar-refractivity contribution < 1.29 is 27.9 Å². The van der Waals surface area contributed by atoms with Crippen molar-refractivity contribution in [1.82, 2.24) is 0 Å². The molecule has 102 valence electrons. The van der Waals surface area contributed by atoms with Crippen molar-refractivity contribution in [3.05, 3.63) is 30.3 Å². The van der Waals surface area contributed by atoms with Gasteiger partial charge in [-0.25, -0.2) is 4.79 Å². The summed E-state index contributed by atoms with van der Waals surface area (Å²) in [5.41, 5.74) is -1.83. The number of hydrogen-bond donors (Lipinski definition) is 1. The van der Waals surface area contributed by atoms with Crippen molar-refractivity contribution in [3.8, 4) is 0 Å². The minimum Gasteiger partial charge on any atom is -0.479 e. The van der Waals surface area contributed by atoms with Gasteiger partial charge >= 0.3 is 18.1 Å². The van der Waals surface area contributed by atoms with Crippen LogP contribution in [0.5, 0.6) is 0 Å². The van der Waals surface area contributed by atoms with Gasteiger partial charge in [0.2, 0.25) is 0 Å². The summed E-state index contributed by atoms with van der Waals surface area (Å²) in [6, 6.07) is 7.03. The van der Waals surface area contributed by atoms with Crippen LogP contribution in [0.1, 0.15) is 12.8 Å². The Morgan fingerprint density at radius 3 is 2.05 bits per heavy atom. The number of aliphatic carboxylic acids is 1. The number of para-hydroxylation sites is 1. The molecule has 1 amide bonds. The van der Waals surface area contributed by atoms with E-state index in [1.54, 1.807) is 6.07 Å². The molecular weight excluding hydrogens is 263 g/mol. The van der Waals surface area contributed by atoms with Crippen molar-refractivity contribution in [3.63, 3.8) is 0 Å². The normalized spacial score (nSPS) is 16.8. The molecule has 0 bridgehead atoms. The fourth-order valence-electron chi connectivity index (χ4n) is 1.91. The average Bonchev–Trinajstić information content (AvgIpc) is 3.11. The highest BCUT2D eigenvalue weighted by Gasteiger charge is 2.61. The molecule has 1 N–H and O–H groups in total. The highest BCUT2D eigenvalue weighted by molar-refractivity contribution is 6.05. The van der Waals surface area contributed by atoms with Gasteiger partial charge in [-0.2, -0.15) is 13.2 Å². The predicted octanol–water partition coefficient (Wildman–Crippen LogP) is 2.20. The van der Waals surface area contributed by atoms with E-state index in [0.717, 1.165) is 0 Å². The molecule has 0 unspecified atom stereocenters. The first-order chi connectivity index (χ1) is 8.79. The highest BCUT2D eigenvalue weighted by atomic mass is 19.4. The third-order valence-electron chi connectivity index (χ3n) is 3.01. The second-order valence-corrected chi connectivity index (χ2v) is 4.31. The Bertz CT molecular complexity index is 509. The van der Waals surface area contributed by atoms with E-state index in [4.69, 9.17) is 5.11 Å². The van der Waals surface area contributed by atoms with Crippen molar-refractivity contribution in [1.29, 1.82) is 0 Å². The van der Waals surface area contributed by atoms with Crippen LogP contribution in [0.4, 0.5) is 18.9 Å². The van der Waals surface area contributed by atoms with E-state index in [2.05, 4.69) is 0 Å². The molecule has 1 aliphatic rings. The molecule has 1 aromatic rings. The first kappa shape index (κ1) is 13.4. The molecule has 4 nitrogen and oxygen atoms in total. The largest absolute Gasteiger partial charge is 0.479 e. The van der Waals surface area contributed by atoms with Gasteiger partial charge in [-0.3, -0.25) is 9.69 Å². The number of hydrogen-bond acceptors (Lipinski definition) is 2. The van der Waals surface area contributed by atoms with Crippen molar-refractivity contribution in [2.75, 3.05) is 4.90 Å². The van der Waals surface area contributed by atoms with Gasteiger partial charge in [-0.05, 0) is 25.0 Å². The molecule has 0 heterocycles. The van der Waals surface area contributed by atoms with Gasteiger partial charge in [0.25, 0.3) is 0 Å². The second-order valence-electron chi connectivity index (χ2n) is 4.31. The summed E-state index contributed by atoms with van der Waals surface area (Å²) in [4.78, 5) is 23.0. The number of carbonyl (C=O) groups is 2. The van der Waals surface area contributed by atoms with Gasteiger partial charge in [0.1, 0.15) is 5.54 Å². The lowest BCUT2D eigenvalue weighted by Crippen LogP contribution is -2.52. The molecule has 19 heavy (non-hydrogen) atoms. The smallest absolute Gasteiger partial charge is 0.471 e.